The van der Waals surface area contributed by atoms with Gasteiger partial charge in [0.05, 0.1) is 0 Å². The third kappa shape index (κ3) is 15.1. The molecule has 0 saturated heterocycles. The first kappa shape index (κ1) is 33.8. The fourth-order valence-corrected chi connectivity index (χ4v) is 4.07. The van der Waals surface area contributed by atoms with Gasteiger partial charge in [-0.25, -0.2) is 14.4 Å². The number of rotatable bonds is 20. The van der Waals surface area contributed by atoms with Gasteiger partial charge in [-0.3, -0.25) is 9.59 Å². The maximum absolute atomic E-state index is 12.9. The molecule has 0 saturated carbocycles. The van der Waals surface area contributed by atoms with Crippen molar-refractivity contribution in [1.29, 1.82) is 0 Å². The zero-order chi connectivity index (χ0) is 29.2. The number of carboxylic acid groups (broad SMARTS) is 3. The molecule has 1 rings (SSSR count). The highest BCUT2D eigenvalue weighted by Gasteiger charge is 2.25. The summed E-state index contributed by atoms with van der Waals surface area (Å²) in [6.45, 7) is 1.74. The summed E-state index contributed by atoms with van der Waals surface area (Å²) < 4.78 is 0.932. The predicted octanol–water partition coefficient (Wildman–Crippen LogP) is 2.80. The van der Waals surface area contributed by atoms with E-state index < -0.39 is 42.4 Å². The van der Waals surface area contributed by atoms with E-state index in [9.17, 15) is 34.2 Å². The molecule has 0 bridgehead atoms. The van der Waals surface area contributed by atoms with Gasteiger partial charge >= 0.3 is 23.9 Å². The number of aliphatic carboxylic acids is 3. The van der Waals surface area contributed by atoms with Crippen LogP contribution in [0.1, 0.15) is 63.4 Å². The zero-order valence-electron chi connectivity index (χ0n) is 22.2. The number of nitrogens with one attached hydrogen (secondary N) is 3. The normalized spacial score (nSPS) is 12.3. The summed E-state index contributed by atoms with van der Waals surface area (Å²) in [6, 6.07) is 3.92. The Bertz CT molecular complexity index is 944. The van der Waals surface area contributed by atoms with Crippen molar-refractivity contribution in [2.45, 2.75) is 76.4 Å². The zero-order valence-corrected chi connectivity index (χ0v) is 23.7. The van der Waals surface area contributed by atoms with E-state index in [1.54, 1.807) is 4.90 Å². The van der Waals surface area contributed by atoms with Crippen molar-refractivity contribution in [3.8, 4) is 0 Å². The lowest BCUT2D eigenvalue weighted by Crippen LogP contribution is -2.51. The molecule has 39 heavy (non-hydrogen) atoms. The van der Waals surface area contributed by atoms with E-state index in [1.807, 2.05) is 31.3 Å². The number of hydrogen-bond donors (Lipinski definition) is 6. The summed E-state index contributed by atoms with van der Waals surface area (Å²) in [5.74, 6) is -3.90. The number of carbonyl (C=O) groups excluding carboxylic acids is 2. The van der Waals surface area contributed by atoms with Crippen molar-refractivity contribution in [3.63, 3.8) is 0 Å². The first-order chi connectivity index (χ1) is 18.5. The van der Waals surface area contributed by atoms with Gasteiger partial charge in [0, 0.05) is 30.4 Å². The number of halogens is 1. The molecule has 218 valence electrons. The van der Waals surface area contributed by atoms with Crippen molar-refractivity contribution in [2.75, 3.05) is 20.1 Å². The molecular formula is C26H39BrN4O8. The first-order valence-electron chi connectivity index (χ1n) is 12.9. The van der Waals surface area contributed by atoms with Crippen LogP contribution < -0.4 is 16.0 Å². The minimum atomic E-state index is -1.47. The molecule has 0 heterocycles. The van der Waals surface area contributed by atoms with Gasteiger partial charge in [0.1, 0.15) is 12.1 Å². The van der Waals surface area contributed by atoms with Crippen LogP contribution in [0.2, 0.25) is 0 Å². The summed E-state index contributed by atoms with van der Waals surface area (Å²) in [6.07, 6.45) is 3.29. The summed E-state index contributed by atoms with van der Waals surface area (Å²) in [4.78, 5) is 60.5. The van der Waals surface area contributed by atoms with Crippen molar-refractivity contribution < 1.29 is 39.3 Å². The van der Waals surface area contributed by atoms with Crippen molar-refractivity contribution in [2.24, 2.45) is 0 Å². The third-order valence-corrected chi connectivity index (χ3v) is 6.51. The van der Waals surface area contributed by atoms with Gasteiger partial charge in [-0.2, -0.15) is 0 Å². The van der Waals surface area contributed by atoms with E-state index in [0.29, 0.717) is 32.4 Å². The number of hydrogen-bond acceptors (Lipinski definition) is 6. The van der Waals surface area contributed by atoms with Crippen LogP contribution in [0.15, 0.2) is 28.7 Å². The van der Waals surface area contributed by atoms with Gasteiger partial charge in [-0.1, -0.05) is 34.5 Å². The smallest absolute Gasteiger partial charge is 0.326 e. The van der Waals surface area contributed by atoms with E-state index in [-0.39, 0.29) is 18.7 Å². The summed E-state index contributed by atoms with van der Waals surface area (Å²) in [7, 11) is 1.89. The van der Waals surface area contributed by atoms with Crippen LogP contribution in [-0.4, -0.2) is 82.3 Å². The molecule has 6 N–H and O–H groups in total. The highest BCUT2D eigenvalue weighted by Crippen LogP contribution is 2.15. The number of benzene rings is 1. The molecule has 1 aromatic carbocycles. The Morgan fingerprint density at radius 1 is 0.821 bits per heavy atom. The van der Waals surface area contributed by atoms with Crippen molar-refractivity contribution in [1.82, 2.24) is 20.9 Å². The Morgan fingerprint density at radius 3 is 2.00 bits per heavy atom. The van der Waals surface area contributed by atoms with Crippen LogP contribution in [-0.2, 0) is 25.7 Å². The van der Waals surface area contributed by atoms with Gasteiger partial charge in [0.2, 0.25) is 5.91 Å². The highest BCUT2D eigenvalue weighted by molar-refractivity contribution is 9.10. The Kier molecular flexibility index (Phi) is 16.5. The molecule has 1 aromatic rings. The van der Waals surface area contributed by atoms with Crippen molar-refractivity contribution in [3.05, 3.63) is 34.3 Å². The molecule has 13 heteroatoms. The lowest BCUT2D eigenvalue weighted by atomic mass is 10.1. The first-order valence-corrected chi connectivity index (χ1v) is 13.7. The van der Waals surface area contributed by atoms with E-state index in [2.05, 4.69) is 31.9 Å². The van der Waals surface area contributed by atoms with Crippen LogP contribution in [0.25, 0.3) is 0 Å². The molecule has 3 amide bonds. The van der Waals surface area contributed by atoms with E-state index >= 15 is 0 Å². The molecule has 0 spiro atoms. The Balaban J connectivity index is 2.65. The molecule has 2 unspecified atom stereocenters. The molecule has 0 radical (unpaired) electrons. The van der Waals surface area contributed by atoms with Crippen LogP contribution >= 0.6 is 15.9 Å². The van der Waals surface area contributed by atoms with Crippen LogP contribution in [0.4, 0.5) is 4.79 Å². The fourth-order valence-electron chi connectivity index (χ4n) is 3.81. The largest absolute Gasteiger partial charge is 0.481 e. The Hall–Kier alpha value is -3.19. The molecule has 0 aromatic heterocycles. The van der Waals surface area contributed by atoms with Gasteiger partial charge in [0.15, 0.2) is 0 Å². The van der Waals surface area contributed by atoms with E-state index in [4.69, 9.17) is 5.11 Å². The average Bonchev–Trinajstić information content (AvgIpc) is 2.87. The number of carbonyl (C=O) groups is 5. The quantitative estimate of drug-likeness (QED) is 0.120. The van der Waals surface area contributed by atoms with Crippen LogP contribution in [0.3, 0.4) is 0 Å². The number of amides is 3. The monoisotopic (exact) mass is 614 g/mol. The second-order valence-electron chi connectivity index (χ2n) is 9.18. The molecule has 0 aliphatic carbocycles. The second kappa shape index (κ2) is 19.0. The summed E-state index contributed by atoms with van der Waals surface area (Å²) >= 11 is 3.40. The lowest BCUT2D eigenvalue weighted by Gasteiger charge is -2.24. The fraction of sp³-hybridized carbons (Fsp3) is 0.577. The van der Waals surface area contributed by atoms with Gasteiger partial charge < -0.3 is 36.2 Å². The molecule has 0 fully saturated rings. The third-order valence-electron chi connectivity index (χ3n) is 5.98. The van der Waals surface area contributed by atoms with Gasteiger partial charge in [-0.15, -0.1) is 0 Å². The molecule has 0 aliphatic rings. The minimum Gasteiger partial charge on any atom is -0.481 e. The number of carboxylic acids is 3. The molecule has 0 aliphatic heterocycles. The minimum absolute atomic E-state index is 0.0238. The predicted molar refractivity (Wildman–Crippen MR) is 147 cm³/mol. The van der Waals surface area contributed by atoms with Gasteiger partial charge in [0.25, 0.3) is 0 Å². The Labute approximate surface area is 236 Å². The van der Waals surface area contributed by atoms with Crippen molar-refractivity contribution >= 4 is 45.8 Å². The summed E-state index contributed by atoms with van der Waals surface area (Å²) in [5.41, 5.74) is 0.972. The van der Waals surface area contributed by atoms with Gasteiger partial charge in [-0.05, 0) is 69.8 Å². The van der Waals surface area contributed by atoms with Crippen LogP contribution in [0.5, 0.6) is 0 Å². The highest BCUT2D eigenvalue weighted by atomic mass is 79.9. The van der Waals surface area contributed by atoms with Crippen LogP contribution in [0, 0.1) is 0 Å². The molecular weight excluding hydrogens is 576 g/mol. The van der Waals surface area contributed by atoms with E-state index in [0.717, 1.165) is 35.8 Å². The molecule has 2 atom stereocenters. The Morgan fingerprint density at radius 2 is 1.44 bits per heavy atom. The number of unbranched alkanes of at least 4 members (excludes halogenated alkanes) is 3. The topological polar surface area (TPSA) is 185 Å². The maximum Gasteiger partial charge on any atom is 0.326 e. The number of nitrogens with zero attached hydrogens (tertiary/aromatic N) is 1. The second-order valence-corrected chi connectivity index (χ2v) is 10.1. The maximum atomic E-state index is 12.9. The standard InChI is InChI=1S/C26H39BrN4O8/c1-28-15-5-2-3-8-22(32)31(17-18-9-11-19(27)12-10-18)16-6-4-7-20(24(35)36)29-26(39)30-21(25(37)38)13-14-23(33)34/h9-12,20-21,28H,2-8,13-17H2,1H3,(H,33,34)(H,35,36)(H,37,38)(H2,29,30,39). The number of urea groups is 1. The lowest BCUT2D eigenvalue weighted by molar-refractivity contribution is -0.140. The average molecular weight is 616 g/mol. The molecule has 12 nitrogen and oxygen atoms in total. The SMILES string of the molecule is CNCCCCCC(=O)N(CCCCC(NC(=O)NC(CCC(=O)O)C(=O)O)C(=O)O)Cc1ccc(Br)cc1. The van der Waals surface area contributed by atoms with E-state index in [1.165, 1.54) is 0 Å². The summed E-state index contributed by atoms with van der Waals surface area (Å²) in [5, 5.41) is 34.8.